The molecule has 0 radical (unpaired) electrons. The van der Waals surface area contributed by atoms with Crippen molar-refractivity contribution in [3.63, 3.8) is 0 Å². The Morgan fingerprint density at radius 1 is 1.47 bits per heavy atom. The van der Waals surface area contributed by atoms with Crippen LogP contribution in [0.3, 0.4) is 0 Å². The molecule has 0 bridgehead atoms. The quantitative estimate of drug-likeness (QED) is 0.610. The van der Waals surface area contributed by atoms with Crippen molar-refractivity contribution in [2.24, 2.45) is 5.73 Å². The molecule has 1 aromatic carbocycles. The summed E-state index contributed by atoms with van der Waals surface area (Å²) in [6.07, 6.45) is 0.611. The Balaban J connectivity index is 2.23. The summed E-state index contributed by atoms with van der Waals surface area (Å²) in [4.78, 5) is 11.3. The number of thioether (sulfide) groups is 1. The molecule has 1 aromatic rings. The predicted octanol–water partition coefficient (Wildman–Crippen LogP) is 2.07. The summed E-state index contributed by atoms with van der Waals surface area (Å²) in [6.45, 7) is 2.13. The molecule has 1 atom stereocenters. The van der Waals surface area contributed by atoms with Gasteiger partial charge in [-0.05, 0) is 36.8 Å². The van der Waals surface area contributed by atoms with Crippen molar-refractivity contribution >= 4 is 17.7 Å². The lowest BCUT2D eigenvalue weighted by Gasteiger charge is -2.09. The summed E-state index contributed by atoms with van der Waals surface area (Å²) < 4.78 is 4.84. The Hall–Kier alpha value is -1.51. The van der Waals surface area contributed by atoms with Crippen LogP contribution in [0.15, 0.2) is 24.3 Å². The molecule has 0 saturated carbocycles. The van der Waals surface area contributed by atoms with Crippen molar-refractivity contribution in [2.75, 3.05) is 12.4 Å². The van der Waals surface area contributed by atoms with Crippen molar-refractivity contribution in [3.05, 3.63) is 35.4 Å². The Morgan fingerprint density at radius 2 is 2.16 bits per heavy atom. The lowest BCUT2D eigenvalue weighted by atomic mass is 10.2. The van der Waals surface area contributed by atoms with E-state index in [0.29, 0.717) is 18.6 Å². The summed E-state index contributed by atoms with van der Waals surface area (Å²) in [5.41, 5.74) is 7.52. The molecule has 19 heavy (non-hydrogen) atoms. The molecule has 0 aromatic heterocycles. The highest BCUT2D eigenvalue weighted by atomic mass is 32.2. The maximum atomic E-state index is 11.3. The van der Waals surface area contributed by atoms with Gasteiger partial charge in [0.25, 0.3) is 0 Å². The van der Waals surface area contributed by atoms with Gasteiger partial charge >= 0.3 is 5.97 Å². The number of nitrogens with two attached hydrogens (primary N) is 1. The molecule has 0 saturated heterocycles. The van der Waals surface area contributed by atoms with Crippen LogP contribution in [-0.2, 0) is 15.3 Å². The number of carbonyl (C=O) groups excluding carboxylic acids is 1. The summed E-state index contributed by atoms with van der Waals surface area (Å²) in [6, 6.07) is 9.05. The second-order valence-corrected chi connectivity index (χ2v) is 5.11. The van der Waals surface area contributed by atoms with E-state index < -0.39 is 6.04 Å². The monoisotopic (exact) mass is 278 g/mol. The second kappa shape index (κ2) is 8.57. The lowest BCUT2D eigenvalue weighted by Crippen LogP contribution is -2.32. The van der Waals surface area contributed by atoms with Gasteiger partial charge in [0.2, 0.25) is 0 Å². The van der Waals surface area contributed by atoms with Crippen LogP contribution in [0.1, 0.15) is 24.5 Å². The number of hydrogen-bond donors (Lipinski definition) is 1. The van der Waals surface area contributed by atoms with E-state index in [9.17, 15) is 4.79 Å². The highest BCUT2D eigenvalue weighted by molar-refractivity contribution is 7.98. The summed E-state index contributed by atoms with van der Waals surface area (Å²) in [5, 5.41) is 8.69. The van der Waals surface area contributed by atoms with Crippen LogP contribution in [0.5, 0.6) is 0 Å². The maximum absolute atomic E-state index is 11.3. The molecule has 0 aliphatic rings. The largest absolute Gasteiger partial charge is 0.465 e. The van der Waals surface area contributed by atoms with Gasteiger partial charge in [0.15, 0.2) is 0 Å². The van der Waals surface area contributed by atoms with Gasteiger partial charge < -0.3 is 10.5 Å². The van der Waals surface area contributed by atoms with Gasteiger partial charge in [0.1, 0.15) is 6.04 Å². The fourth-order valence-corrected chi connectivity index (χ4v) is 2.44. The fourth-order valence-electron chi connectivity index (χ4n) is 1.44. The number of hydrogen-bond acceptors (Lipinski definition) is 5. The summed E-state index contributed by atoms with van der Waals surface area (Å²) in [7, 11) is 0. The molecule has 0 aliphatic heterocycles. The zero-order valence-electron chi connectivity index (χ0n) is 11.0. The van der Waals surface area contributed by atoms with Crippen LogP contribution >= 0.6 is 11.8 Å². The van der Waals surface area contributed by atoms with Crippen molar-refractivity contribution in [3.8, 4) is 6.07 Å². The molecule has 2 N–H and O–H groups in total. The van der Waals surface area contributed by atoms with Crippen molar-refractivity contribution in [2.45, 2.75) is 25.1 Å². The topological polar surface area (TPSA) is 76.1 Å². The zero-order chi connectivity index (χ0) is 14.1. The van der Waals surface area contributed by atoms with E-state index in [1.165, 1.54) is 0 Å². The van der Waals surface area contributed by atoms with E-state index in [0.717, 1.165) is 17.1 Å². The van der Waals surface area contributed by atoms with Gasteiger partial charge in [-0.2, -0.15) is 17.0 Å². The number of esters is 1. The lowest BCUT2D eigenvalue weighted by molar-refractivity contribution is -0.144. The Morgan fingerprint density at radius 3 is 2.74 bits per heavy atom. The average Bonchev–Trinajstić information content (AvgIpc) is 2.44. The predicted molar refractivity (Wildman–Crippen MR) is 76.5 cm³/mol. The number of benzene rings is 1. The summed E-state index contributed by atoms with van der Waals surface area (Å²) in [5.74, 6) is 1.32. The van der Waals surface area contributed by atoms with Gasteiger partial charge in [-0.25, -0.2) is 0 Å². The number of carbonyl (C=O) groups is 1. The minimum atomic E-state index is -0.534. The van der Waals surface area contributed by atoms with Gasteiger partial charge in [0, 0.05) is 5.75 Å². The molecule has 4 nitrogen and oxygen atoms in total. The van der Waals surface area contributed by atoms with Crippen LogP contribution in [0.25, 0.3) is 0 Å². The van der Waals surface area contributed by atoms with E-state index in [1.807, 2.05) is 12.1 Å². The zero-order valence-corrected chi connectivity index (χ0v) is 11.8. The first-order chi connectivity index (χ1) is 9.17. The van der Waals surface area contributed by atoms with Crippen LogP contribution < -0.4 is 5.73 Å². The van der Waals surface area contributed by atoms with Gasteiger partial charge in [-0.1, -0.05) is 12.1 Å². The molecular weight excluding hydrogens is 260 g/mol. The first-order valence-electron chi connectivity index (χ1n) is 6.16. The Labute approximate surface area is 117 Å². The van der Waals surface area contributed by atoms with E-state index >= 15 is 0 Å². The van der Waals surface area contributed by atoms with E-state index in [2.05, 4.69) is 6.07 Å². The third kappa shape index (κ3) is 5.77. The van der Waals surface area contributed by atoms with Crippen molar-refractivity contribution in [1.82, 2.24) is 0 Å². The molecule has 102 valence electrons. The average molecular weight is 278 g/mol. The number of nitriles is 1. The normalized spacial score (nSPS) is 11.6. The standard InChI is InChI=1S/C14H18N2O2S/c1-2-18-14(17)13(16)7-8-19-10-12-5-3-11(9-15)4-6-12/h3-6,13H,2,7-8,10,16H2,1H3. The van der Waals surface area contributed by atoms with Gasteiger partial charge in [-0.15, -0.1) is 0 Å². The first kappa shape index (κ1) is 15.5. The van der Waals surface area contributed by atoms with Gasteiger partial charge in [-0.3, -0.25) is 4.79 Å². The van der Waals surface area contributed by atoms with E-state index in [4.69, 9.17) is 15.7 Å². The molecule has 0 heterocycles. The second-order valence-electron chi connectivity index (χ2n) is 4.01. The van der Waals surface area contributed by atoms with Crippen molar-refractivity contribution < 1.29 is 9.53 Å². The van der Waals surface area contributed by atoms with E-state index in [1.54, 1.807) is 30.8 Å². The van der Waals surface area contributed by atoms with Crippen LogP contribution in [0.4, 0.5) is 0 Å². The molecular formula is C14H18N2O2S. The van der Waals surface area contributed by atoms with E-state index in [-0.39, 0.29) is 5.97 Å². The third-order valence-electron chi connectivity index (χ3n) is 2.51. The first-order valence-corrected chi connectivity index (χ1v) is 7.31. The molecule has 0 spiro atoms. The highest BCUT2D eigenvalue weighted by Gasteiger charge is 2.13. The number of ether oxygens (including phenoxy) is 1. The fraction of sp³-hybridized carbons (Fsp3) is 0.429. The van der Waals surface area contributed by atoms with Gasteiger partial charge in [0.05, 0.1) is 18.2 Å². The van der Waals surface area contributed by atoms with Crippen molar-refractivity contribution in [1.29, 1.82) is 5.26 Å². The molecule has 5 heteroatoms. The minimum Gasteiger partial charge on any atom is -0.465 e. The molecule has 0 aliphatic carbocycles. The van der Waals surface area contributed by atoms with Crippen LogP contribution in [-0.4, -0.2) is 24.4 Å². The Bertz CT molecular complexity index is 440. The molecule has 0 amide bonds. The summed E-state index contributed by atoms with van der Waals surface area (Å²) >= 11 is 1.71. The molecule has 0 fully saturated rings. The number of nitrogens with zero attached hydrogens (tertiary/aromatic N) is 1. The smallest absolute Gasteiger partial charge is 0.322 e. The molecule has 1 rings (SSSR count). The highest BCUT2D eigenvalue weighted by Crippen LogP contribution is 2.14. The van der Waals surface area contributed by atoms with Crippen LogP contribution in [0, 0.1) is 11.3 Å². The maximum Gasteiger partial charge on any atom is 0.322 e. The van der Waals surface area contributed by atoms with Crippen LogP contribution in [0.2, 0.25) is 0 Å². The third-order valence-corrected chi connectivity index (χ3v) is 3.58. The Kier molecular flexibility index (Phi) is 7.01. The SMILES string of the molecule is CCOC(=O)C(N)CCSCc1ccc(C#N)cc1. The number of rotatable bonds is 7. The molecule has 1 unspecified atom stereocenters. The minimum absolute atomic E-state index is 0.332.